The van der Waals surface area contributed by atoms with Gasteiger partial charge < -0.3 is 10.9 Å². The molecule has 0 saturated carbocycles. The highest BCUT2D eigenvalue weighted by Gasteiger charge is 2.15. The number of benzene rings is 1. The van der Waals surface area contributed by atoms with Gasteiger partial charge >= 0.3 is 0 Å². The summed E-state index contributed by atoms with van der Waals surface area (Å²) in [6.07, 6.45) is 1.36. The van der Waals surface area contributed by atoms with Crippen molar-refractivity contribution in [1.29, 1.82) is 0 Å². The van der Waals surface area contributed by atoms with E-state index in [-0.39, 0.29) is 11.4 Å². The topological polar surface area (TPSA) is 89.3 Å². The van der Waals surface area contributed by atoms with Crippen LogP contribution in [0, 0.1) is 5.82 Å². The van der Waals surface area contributed by atoms with E-state index < -0.39 is 5.82 Å². The van der Waals surface area contributed by atoms with E-state index >= 15 is 0 Å². The molecule has 1 aromatic heterocycles. The second-order valence-electron chi connectivity index (χ2n) is 4.21. The van der Waals surface area contributed by atoms with E-state index in [0.717, 1.165) is 5.82 Å². The molecule has 0 spiro atoms. The van der Waals surface area contributed by atoms with E-state index in [4.69, 9.17) is 10.9 Å². The van der Waals surface area contributed by atoms with Crippen molar-refractivity contribution in [2.45, 2.75) is 26.7 Å². The van der Waals surface area contributed by atoms with Gasteiger partial charge in [0.25, 0.3) is 0 Å². The van der Waals surface area contributed by atoms with E-state index in [1.807, 2.05) is 13.8 Å². The fraction of sp³-hybridized carbons (Fsp3) is 0.308. The summed E-state index contributed by atoms with van der Waals surface area (Å²) in [5.74, 6) is 0.788. The fourth-order valence-electron chi connectivity index (χ4n) is 1.92. The fourth-order valence-corrected chi connectivity index (χ4v) is 1.92. The van der Waals surface area contributed by atoms with Crippen molar-refractivity contribution in [3.05, 3.63) is 41.2 Å². The summed E-state index contributed by atoms with van der Waals surface area (Å²) in [4.78, 5) is 4.39. The molecule has 0 unspecified atom stereocenters. The van der Waals surface area contributed by atoms with E-state index in [2.05, 4.69) is 15.2 Å². The summed E-state index contributed by atoms with van der Waals surface area (Å²) in [6, 6.07) is 4.04. The first-order valence-electron chi connectivity index (χ1n) is 6.33. The molecule has 106 valence electrons. The van der Waals surface area contributed by atoms with E-state index in [1.165, 1.54) is 18.2 Å². The molecular weight excluding hydrogens is 261 g/mol. The summed E-state index contributed by atoms with van der Waals surface area (Å²) in [7, 11) is 0. The quantitative estimate of drug-likeness (QED) is 0.384. The molecule has 2 rings (SSSR count). The third kappa shape index (κ3) is 2.47. The lowest BCUT2D eigenvalue weighted by Crippen LogP contribution is -2.18. The largest absolute Gasteiger partial charge is 0.409 e. The van der Waals surface area contributed by atoms with Gasteiger partial charge in [-0.25, -0.2) is 14.1 Å². The van der Waals surface area contributed by atoms with Gasteiger partial charge in [0.15, 0.2) is 11.7 Å². The molecular formula is C13H16FN5O. The number of nitrogens with two attached hydrogens (primary N) is 1. The zero-order valence-corrected chi connectivity index (χ0v) is 11.3. The minimum Gasteiger partial charge on any atom is -0.409 e. The van der Waals surface area contributed by atoms with Crippen LogP contribution >= 0.6 is 0 Å². The predicted octanol–water partition coefficient (Wildman–Crippen LogP) is 1.63. The van der Waals surface area contributed by atoms with Crippen molar-refractivity contribution in [3.63, 3.8) is 0 Å². The smallest absolute Gasteiger partial charge is 0.172 e. The van der Waals surface area contributed by atoms with Gasteiger partial charge in [-0.3, -0.25) is 0 Å². The maximum absolute atomic E-state index is 13.4. The van der Waals surface area contributed by atoms with Crippen LogP contribution in [0.15, 0.2) is 23.4 Å². The van der Waals surface area contributed by atoms with Crippen LogP contribution in [-0.2, 0) is 12.8 Å². The Kier molecular flexibility index (Phi) is 3.97. The Morgan fingerprint density at radius 1 is 1.40 bits per heavy atom. The Balaban J connectivity index is 2.66. The second-order valence-corrected chi connectivity index (χ2v) is 4.21. The second kappa shape index (κ2) is 5.68. The molecule has 20 heavy (non-hydrogen) atoms. The molecule has 0 atom stereocenters. The average molecular weight is 277 g/mol. The Morgan fingerprint density at radius 3 is 2.75 bits per heavy atom. The van der Waals surface area contributed by atoms with Gasteiger partial charge in [-0.2, -0.15) is 5.10 Å². The number of aryl methyl sites for hydroxylation is 2. The lowest BCUT2D eigenvalue weighted by molar-refractivity contribution is 0.318. The number of nitrogens with zero attached hydrogens (tertiary/aromatic N) is 4. The van der Waals surface area contributed by atoms with Crippen molar-refractivity contribution < 1.29 is 9.60 Å². The van der Waals surface area contributed by atoms with Crippen LogP contribution < -0.4 is 5.73 Å². The molecule has 1 aromatic carbocycles. The summed E-state index contributed by atoms with van der Waals surface area (Å²) >= 11 is 0. The van der Waals surface area contributed by atoms with Gasteiger partial charge in [-0.15, -0.1) is 0 Å². The number of hydrogen-bond donors (Lipinski definition) is 2. The first kappa shape index (κ1) is 14.0. The minimum atomic E-state index is -0.468. The number of hydrogen-bond acceptors (Lipinski definition) is 4. The molecule has 0 fully saturated rings. The Labute approximate surface area is 115 Å². The van der Waals surface area contributed by atoms with Crippen LogP contribution in [0.1, 0.15) is 31.1 Å². The standard InChI is InChI=1S/C13H16FN5O/c1-3-11-16-12(4-2)19(17-11)10-6-5-8(14)7-9(10)13(15)18-20/h5-7,20H,3-4H2,1-2H3,(H2,15,18). The van der Waals surface area contributed by atoms with Crippen LogP contribution in [0.3, 0.4) is 0 Å². The maximum Gasteiger partial charge on any atom is 0.172 e. The van der Waals surface area contributed by atoms with Crippen LogP contribution in [0.25, 0.3) is 5.69 Å². The highest BCUT2D eigenvalue weighted by Crippen LogP contribution is 2.18. The van der Waals surface area contributed by atoms with Gasteiger partial charge in [0.1, 0.15) is 11.6 Å². The van der Waals surface area contributed by atoms with Gasteiger partial charge in [-0.05, 0) is 18.2 Å². The van der Waals surface area contributed by atoms with Gasteiger partial charge in [0.05, 0.1) is 5.69 Å². The normalized spacial score (nSPS) is 11.8. The number of aromatic nitrogens is 3. The van der Waals surface area contributed by atoms with Gasteiger partial charge in [0, 0.05) is 18.4 Å². The molecule has 3 N–H and O–H groups in total. The molecule has 0 aliphatic heterocycles. The molecule has 6 nitrogen and oxygen atoms in total. The predicted molar refractivity (Wildman–Crippen MR) is 72.6 cm³/mol. The summed E-state index contributed by atoms with van der Waals surface area (Å²) < 4.78 is 15.0. The molecule has 2 aromatic rings. The Bertz CT molecular complexity index is 650. The monoisotopic (exact) mass is 277 g/mol. The van der Waals surface area contributed by atoms with Gasteiger partial charge in [0.2, 0.25) is 0 Å². The molecule has 0 aliphatic rings. The third-order valence-corrected chi connectivity index (χ3v) is 2.92. The van der Waals surface area contributed by atoms with Crippen LogP contribution in [0.4, 0.5) is 4.39 Å². The zero-order chi connectivity index (χ0) is 14.7. The van der Waals surface area contributed by atoms with E-state index in [0.29, 0.717) is 24.4 Å². The molecule has 7 heteroatoms. The van der Waals surface area contributed by atoms with Gasteiger partial charge in [-0.1, -0.05) is 19.0 Å². The Hall–Kier alpha value is -2.44. The average Bonchev–Trinajstić information content (AvgIpc) is 2.89. The molecule has 0 radical (unpaired) electrons. The van der Waals surface area contributed by atoms with Crippen molar-refractivity contribution >= 4 is 5.84 Å². The molecule has 0 bridgehead atoms. The summed E-state index contributed by atoms with van der Waals surface area (Å²) in [6.45, 7) is 3.90. The number of rotatable bonds is 4. The third-order valence-electron chi connectivity index (χ3n) is 2.92. The SMILES string of the molecule is CCc1nc(CC)n(-c2ccc(F)cc2C(N)=NO)n1. The maximum atomic E-state index is 13.4. The minimum absolute atomic E-state index is 0.171. The number of oxime groups is 1. The molecule has 0 saturated heterocycles. The van der Waals surface area contributed by atoms with Crippen molar-refractivity contribution in [2.24, 2.45) is 10.9 Å². The highest BCUT2D eigenvalue weighted by molar-refractivity contribution is 6.00. The Morgan fingerprint density at radius 2 is 2.15 bits per heavy atom. The van der Waals surface area contributed by atoms with Crippen molar-refractivity contribution in [2.75, 3.05) is 0 Å². The first-order chi connectivity index (χ1) is 9.60. The van der Waals surface area contributed by atoms with E-state index in [9.17, 15) is 4.39 Å². The van der Waals surface area contributed by atoms with E-state index in [1.54, 1.807) is 4.68 Å². The summed E-state index contributed by atoms with van der Waals surface area (Å²) in [5.41, 5.74) is 6.41. The summed E-state index contributed by atoms with van der Waals surface area (Å²) in [5, 5.41) is 16.1. The highest BCUT2D eigenvalue weighted by atomic mass is 19.1. The lowest BCUT2D eigenvalue weighted by atomic mass is 10.1. The zero-order valence-electron chi connectivity index (χ0n) is 11.3. The molecule has 0 amide bonds. The van der Waals surface area contributed by atoms with Crippen molar-refractivity contribution in [3.8, 4) is 5.69 Å². The van der Waals surface area contributed by atoms with Crippen LogP contribution in [0.5, 0.6) is 0 Å². The molecule has 0 aliphatic carbocycles. The lowest BCUT2D eigenvalue weighted by Gasteiger charge is -2.10. The first-order valence-corrected chi connectivity index (χ1v) is 6.33. The van der Waals surface area contributed by atoms with Crippen LogP contribution in [-0.4, -0.2) is 25.8 Å². The number of halogens is 1. The molecule has 1 heterocycles. The van der Waals surface area contributed by atoms with Crippen molar-refractivity contribution in [1.82, 2.24) is 14.8 Å². The number of amidine groups is 1. The van der Waals surface area contributed by atoms with Crippen LogP contribution in [0.2, 0.25) is 0 Å².